The van der Waals surface area contributed by atoms with Crippen molar-refractivity contribution in [3.05, 3.63) is 29.8 Å². The Balaban J connectivity index is 1.58. The third-order valence-corrected chi connectivity index (χ3v) is 4.99. The van der Waals surface area contributed by atoms with E-state index < -0.39 is 0 Å². The zero-order valence-electron chi connectivity index (χ0n) is 15.0. The molecule has 0 aromatic heterocycles. The van der Waals surface area contributed by atoms with Gasteiger partial charge in [0.1, 0.15) is 0 Å². The number of carbonyl (C=O) groups is 2. The molecule has 6 nitrogen and oxygen atoms in total. The van der Waals surface area contributed by atoms with Gasteiger partial charge >= 0.3 is 6.09 Å². The molecule has 7 heteroatoms. The molecule has 0 atom stereocenters. The third kappa shape index (κ3) is 6.96. The van der Waals surface area contributed by atoms with Gasteiger partial charge in [-0.3, -0.25) is 9.69 Å². The molecule has 0 unspecified atom stereocenters. The lowest BCUT2D eigenvalue weighted by molar-refractivity contribution is -0.122. The summed E-state index contributed by atoms with van der Waals surface area (Å²) in [5.41, 5.74) is 1.25. The maximum absolute atomic E-state index is 12.0. The summed E-state index contributed by atoms with van der Waals surface area (Å²) >= 11 is 1.74. The van der Waals surface area contributed by atoms with Crippen molar-refractivity contribution < 1.29 is 14.3 Å². The van der Waals surface area contributed by atoms with Crippen molar-refractivity contribution in [2.24, 2.45) is 0 Å². The van der Waals surface area contributed by atoms with Gasteiger partial charge in [0.15, 0.2) is 0 Å². The average molecular weight is 365 g/mol. The van der Waals surface area contributed by atoms with Gasteiger partial charge in [-0.05, 0) is 26.0 Å². The molecule has 1 aliphatic heterocycles. The zero-order chi connectivity index (χ0) is 18.1. The minimum atomic E-state index is -0.264. The van der Waals surface area contributed by atoms with E-state index in [9.17, 15) is 9.59 Å². The number of benzene rings is 1. The first-order valence-corrected chi connectivity index (χ1v) is 9.67. The highest BCUT2D eigenvalue weighted by molar-refractivity contribution is 7.99. The number of hydrogen-bond acceptors (Lipinski definition) is 5. The number of amides is 2. The molecule has 1 fully saturated rings. The van der Waals surface area contributed by atoms with Crippen LogP contribution in [-0.4, -0.2) is 73.4 Å². The maximum Gasteiger partial charge on any atom is 0.409 e. The van der Waals surface area contributed by atoms with Crippen LogP contribution in [0.3, 0.4) is 0 Å². The number of piperazine rings is 1. The van der Waals surface area contributed by atoms with Crippen molar-refractivity contribution in [3.63, 3.8) is 0 Å². The van der Waals surface area contributed by atoms with Crippen molar-refractivity contribution >= 4 is 23.8 Å². The maximum atomic E-state index is 12.0. The minimum absolute atomic E-state index is 0.0362. The fourth-order valence-electron chi connectivity index (χ4n) is 2.56. The lowest BCUT2D eigenvalue weighted by Crippen LogP contribution is -2.51. The molecule has 138 valence electrons. The predicted molar refractivity (Wildman–Crippen MR) is 99.9 cm³/mol. The SMILES string of the molecule is CCOC(=O)N1CCN(CC(=O)NCCSc2ccc(C)cc2)CC1. The van der Waals surface area contributed by atoms with E-state index in [1.54, 1.807) is 23.6 Å². The Morgan fingerprint density at radius 3 is 2.48 bits per heavy atom. The molecule has 25 heavy (non-hydrogen) atoms. The standard InChI is InChI=1S/C18H27N3O3S/c1-3-24-18(23)21-11-9-20(10-12-21)14-17(22)19-8-13-25-16-6-4-15(2)5-7-16/h4-7H,3,8-14H2,1-2H3,(H,19,22). The molecule has 1 aromatic rings. The number of rotatable bonds is 7. The topological polar surface area (TPSA) is 61.9 Å². The Morgan fingerprint density at radius 2 is 1.84 bits per heavy atom. The summed E-state index contributed by atoms with van der Waals surface area (Å²) in [6.45, 7) is 7.91. The number of hydrogen-bond donors (Lipinski definition) is 1. The lowest BCUT2D eigenvalue weighted by Gasteiger charge is -2.33. The second-order valence-corrected chi connectivity index (χ2v) is 7.14. The number of thioether (sulfide) groups is 1. The van der Waals surface area contributed by atoms with E-state index in [0.29, 0.717) is 45.9 Å². The van der Waals surface area contributed by atoms with Crippen molar-refractivity contribution in [2.75, 3.05) is 51.6 Å². The highest BCUT2D eigenvalue weighted by atomic mass is 32.2. The van der Waals surface area contributed by atoms with E-state index in [1.807, 2.05) is 0 Å². The molecular weight excluding hydrogens is 338 g/mol. The summed E-state index contributed by atoms with van der Waals surface area (Å²) in [6.07, 6.45) is -0.264. The lowest BCUT2D eigenvalue weighted by atomic mass is 10.2. The van der Waals surface area contributed by atoms with E-state index in [4.69, 9.17) is 4.74 Å². The largest absolute Gasteiger partial charge is 0.450 e. The summed E-state index contributed by atoms with van der Waals surface area (Å²) in [5, 5.41) is 2.96. The summed E-state index contributed by atoms with van der Waals surface area (Å²) in [7, 11) is 0. The van der Waals surface area contributed by atoms with Gasteiger partial charge in [-0.2, -0.15) is 0 Å². The first kappa shape index (κ1) is 19.6. The molecule has 1 heterocycles. The summed E-state index contributed by atoms with van der Waals surface area (Å²) in [5.74, 6) is 0.889. The number of aryl methyl sites for hydroxylation is 1. The predicted octanol–water partition coefficient (Wildman–Crippen LogP) is 1.98. The molecule has 0 bridgehead atoms. The van der Waals surface area contributed by atoms with Gasteiger partial charge in [0.2, 0.25) is 5.91 Å². The van der Waals surface area contributed by atoms with Gasteiger partial charge < -0.3 is 15.0 Å². The van der Waals surface area contributed by atoms with Crippen LogP contribution in [0.5, 0.6) is 0 Å². The van der Waals surface area contributed by atoms with Crippen LogP contribution in [0.15, 0.2) is 29.2 Å². The Morgan fingerprint density at radius 1 is 1.16 bits per heavy atom. The van der Waals surface area contributed by atoms with Crippen LogP contribution in [0.25, 0.3) is 0 Å². The van der Waals surface area contributed by atoms with Crippen molar-refractivity contribution in [3.8, 4) is 0 Å². The first-order chi connectivity index (χ1) is 12.1. The Bertz CT molecular complexity index is 557. The zero-order valence-corrected chi connectivity index (χ0v) is 15.8. The number of nitrogens with zero attached hydrogens (tertiary/aromatic N) is 2. The average Bonchev–Trinajstić information content (AvgIpc) is 2.61. The van der Waals surface area contributed by atoms with Crippen LogP contribution in [0.4, 0.5) is 4.79 Å². The van der Waals surface area contributed by atoms with E-state index in [-0.39, 0.29) is 12.0 Å². The normalized spacial score (nSPS) is 15.0. The molecule has 1 aliphatic rings. The molecule has 0 saturated carbocycles. The monoisotopic (exact) mass is 365 g/mol. The Hall–Kier alpha value is -1.73. The van der Waals surface area contributed by atoms with Crippen LogP contribution in [0.2, 0.25) is 0 Å². The van der Waals surface area contributed by atoms with Gasteiger partial charge in [-0.25, -0.2) is 4.79 Å². The molecule has 1 saturated heterocycles. The minimum Gasteiger partial charge on any atom is -0.450 e. The van der Waals surface area contributed by atoms with Gasteiger partial charge in [0, 0.05) is 43.4 Å². The fraction of sp³-hybridized carbons (Fsp3) is 0.556. The van der Waals surface area contributed by atoms with Crippen LogP contribution < -0.4 is 5.32 Å². The molecule has 1 N–H and O–H groups in total. The first-order valence-electron chi connectivity index (χ1n) is 8.68. The van der Waals surface area contributed by atoms with E-state index in [2.05, 4.69) is 41.4 Å². The quantitative estimate of drug-likeness (QED) is 0.591. The Labute approximate surface area is 153 Å². The molecule has 0 radical (unpaired) electrons. The van der Waals surface area contributed by atoms with Crippen LogP contribution >= 0.6 is 11.8 Å². The third-order valence-electron chi connectivity index (χ3n) is 3.98. The van der Waals surface area contributed by atoms with Gasteiger partial charge in [-0.1, -0.05) is 17.7 Å². The van der Waals surface area contributed by atoms with Crippen molar-refractivity contribution in [1.29, 1.82) is 0 Å². The summed E-state index contributed by atoms with van der Waals surface area (Å²) < 4.78 is 4.99. The van der Waals surface area contributed by atoms with Crippen LogP contribution in [0, 0.1) is 6.92 Å². The van der Waals surface area contributed by atoms with Crippen LogP contribution in [0.1, 0.15) is 12.5 Å². The molecule has 1 aromatic carbocycles. The van der Waals surface area contributed by atoms with Gasteiger partial charge in [-0.15, -0.1) is 11.8 Å². The van der Waals surface area contributed by atoms with Crippen molar-refractivity contribution in [2.45, 2.75) is 18.7 Å². The van der Waals surface area contributed by atoms with E-state index >= 15 is 0 Å². The second-order valence-electron chi connectivity index (χ2n) is 5.97. The highest BCUT2D eigenvalue weighted by Crippen LogP contribution is 2.17. The summed E-state index contributed by atoms with van der Waals surface area (Å²) in [6, 6.07) is 8.39. The Kier molecular flexibility index (Phi) is 8.08. The second kappa shape index (κ2) is 10.3. The number of nitrogens with one attached hydrogen (secondary N) is 1. The van der Waals surface area contributed by atoms with Gasteiger partial charge in [0.05, 0.1) is 13.2 Å². The smallest absolute Gasteiger partial charge is 0.409 e. The fourth-order valence-corrected chi connectivity index (χ4v) is 3.32. The van der Waals surface area contributed by atoms with Crippen LogP contribution in [-0.2, 0) is 9.53 Å². The number of ether oxygens (including phenoxy) is 1. The van der Waals surface area contributed by atoms with E-state index in [0.717, 1.165) is 5.75 Å². The van der Waals surface area contributed by atoms with Gasteiger partial charge in [0.25, 0.3) is 0 Å². The molecule has 2 amide bonds. The molecule has 0 aliphatic carbocycles. The molecule has 0 spiro atoms. The summed E-state index contributed by atoms with van der Waals surface area (Å²) in [4.78, 5) is 28.6. The number of carbonyl (C=O) groups excluding carboxylic acids is 2. The molecular formula is C18H27N3O3S. The van der Waals surface area contributed by atoms with E-state index in [1.165, 1.54) is 10.5 Å². The highest BCUT2D eigenvalue weighted by Gasteiger charge is 2.22. The van der Waals surface area contributed by atoms with Crippen molar-refractivity contribution in [1.82, 2.24) is 15.1 Å². The molecule has 2 rings (SSSR count).